The molecule has 0 aliphatic heterocycles. The van der Waals surface area contributed by atoms with E-state index in [9.17, 15) is 9.90 Å². The lowest BCUT2D eigenvalue weighted by molar-refractivity contribution is 0.0275. The Morgan fingerprint density at radius 3 is 2.89 bits per heavy atom. The van der Waals surface area contributed by atoms with E-state index in [-0.39, 0.29) is 24.3 Å². The molecule has 1 N–H and O–H groups in total. The van der Waals surface area contributed by atoms with Crippen molar-refractivity contribution in [1.29, 1.82) is 0 Å². The van der Waals surface area contributed by atoms with Gasteiger partial charge in [-0.25, -0.2) is 0 Å². The van der Waals surface area contributed by atoms with E-state index in [4.69, 9.17) is 4.74 Å². The van der Waals surface area contributed by atoms with Crippen molar-refractivity contribution in [3.8, 4) is 0 Å². The smallest absolute Gasteiger partial charge is 0.265 e. The number of hydrogen-bond acceptors (Lipinski definition) is 3. The zero-order chi connectivity index (χ0) is 13.1. The van der Waals surface area contributed by atoms with Crippen LogP contribution in [0.25, 0.3) is 0 Å². The summed E-state index contributed by atoms with van der Waals surface area (Å²) in [6.45, 7) is -0.0662. The first-order valence-electron chi connectivity index (χ1n) is 6.21. The minimum Gasteiger partial charge on any atom is -0.392 e. The van der Waals surface area contributed by atoms with Crippen molar-refractivity contribution in [2.24, 2.45) is 0 Å². The van der Waals surface area contributed by atoms with Crippen molar-refractivity contribution in [2.75, 3.05) is 7.11 Å². The Bertz CT molecular complexity index is 472. The molecule has 0 bridgehead atoms. The highest BCUT2D eigenvalue weighted by molar-refractivity contribution is 9.10. The highest BCUT2D eigenvalue weighted by atomic mass is 79.9. The van der Waals surface area contributed by atoms with Gasteiger partial charge in [0.05, 0.1) is 23.2 Å². The second-order valence-corrected chi connectivity index (χ2v) is 5.55. The van der Waals surface area contributed by atoms with E-state index in [1.54, 1.807) is 23.9 Å². The summed E-state index contributed by atoms with van der Waals surface area (Å²) >= 11 is 3.26. The maximum atomic E-state index is 12.2. The topological polar surface area (TPSA) is 51.5 Å². The standard InChI is InChI=1S/C13H18BrNO3/c1-18-12-5-3-2-4-11(12)15-7-9(8-16)6-10(14)13(15)17/h6-7,11-12,16H,2-5,8H2,1H3. The Morgan fingerprint density at radius 2 is 2.22 bits per heavy atom. The SMILES string of the molecule is COC1CCCCC1n1cc(CO)cc(Br)c1=O. The molecule has 0 saturated heterocycles. The lowest BCUT2D eigenvalue weighted by Crippen LogP contribution is -2.36. The zero-order valence-electron chi connectivity index (χ0n) is 10.4. The first-order chi connectivity index (χ1) is 8.67. The average molecular weight is 316 g/mol. The Hall–Kier alpha value is -0.650. The van der Waals surface area contributed by atoms with Crippen LogP contribution in [0.15, 0.2) is 21.5 Å². The molecule has 0 spiro atoms. The highest BCUT2D eigenvalue weighted by Gasteiger charge is 2.27. The van der Waals surface area contributed by atoms with Gasteiger partial charge in [0.15, 0.2) is 0 Å². The van der Waals surface area contributed by atoms with E-state index >= 15 is 0 Å². The van der Waals surface area contributed by atoms with Crippen LogP contribution in [-0.4, -0.2) is 22.9 Å². The van der Waals surface area contributed by atoms with Crippen LogP contribution in [0, 0.1) is 0 Å². The van der Waals surface area contributed by atoms with Gasteiger partial charge >= 0.3 is 0 Å². The molecule has 2 rings (SSSR count). The van der Waals surface area contributed by atoms with Crippen molar-refractivity contribution in [1.82, 2.24) is 4.57 Å². The molecule has 0 aromatic carbocycles. The maximum Gasteiger partial charge on any atom is 0.265 e. The average Bonchev–Trinajstić information content (AvgIpc) is 2.41. The fraction of sp³-hybridized carbons (Fsp3) is 0.615. The number of nitrogens with zero attached hydrogens (tertiary/aromatic N) is 1. The van der Waals surface area contributed by atoms with Crippen LogP contribution in [-0.2, 0) is 11.3 Å². The fourth-order valence-corrected chi connectivity index (χ4v) is 3.12. The molecule has 1 heterocycles. The predicted molar refractivity (Wildman–Crippen MR) is 72.6 cm³/mol. The lowest BCUT2D eigenvalue weighted by Gasteiger charge is -2.32. The van der Waals surface area contributed by atoms with E-state index in [2.05, 4.69) is 15.9 Å². The Kier molecular flexibility index (Phi) is 4.59. The van der Waals surface area contributed by atoms with Gasteiger partial charge in [0, 0.05) is 13.3 Å². The first-order valence-corrected chi connectivity index (χ1v) is 7.01. The second-order valence-electron chi connectivity index (χ2n) is 4.69. The van der Waals surface area contributed by atoms with Crippen molar-refractivity contribution < 1.29 is 9.84 Å². The number of pyridine rings is 1. The molecule has 1 fully saturated rings. The number of hydrogen-bond donors (Lipinski definition) is 1. The monoisotopic (exact) mass is 315 g/mol. The number of aliphatic hydroxyl groups excluding tert-OH is 1. The Morgan fingerprint density at radius 1 is 1.50 bits per heavy atom. The summed E-state index contributed by atoms with van der Waals surface area (Å²) in [6.07, 6.45) is 6.00. The molecule has 1 aliphatic carbocycles. The molecule has 0 radical (unpaired) electrons. The fourth-order valence-electron chi connectivity index (χ4n) is 2.63. The summed E-state index contributed by atoms with van der Waals surface area (Å²) in [6, 6.07) is 1.74. The van der Waals surface area contributed by atoms with Crippen LogP contribution in [0.4, 0.5) is 0 Å². The third kappa shape index (κ3) is 2.68. The third-order valence-corrected chi connectivity index (χ3v) is 4.13. The zero-order valence-corrected chi connectivity index (χ0v) is 12.0. The van der Waals surface area contributed by atoms with Crippen molar-refractivity contribution in [2.45, 2.75) is 44.4 Å². The first kappa shape index (κ1) is 13.8. The van der Waals surface area contributed by atoms with Gasteiger partial charge in [0.25, 0.3) is 5.56 Å². The summed E-state index contributed by atoms with van der Waals surface area (Å²) in [4.78, 5) is 12.2. The number of rotatable bonds is 3. The molecule has 2 atom stereocenters. The van der Waals surface area contributed by atoms with Gasteiger partial charge in [-0.05, 0) is 40.4 Å². The largest absolute Gasteiger partial charge is 0.392 e. The normalized spacial score (nSPS) is 24.2. The van der Waals surface area contributed by atoms with Crippen molar-refractivity contribution in [3.63, 3.8) is 0 Å². The Balaban J connectivity index is 2.42. The summed E-state index contributed by atoms with van der Waals surface area (Å²) < 4.78 is 7.70. The van der Waals surface area contributed by atoms with Crippen LogP contribution >= 0.6 is 15.9 Å². The minimum absolute atomic E-state index is 0.0545. The molecule has 2 unspecified atom stereocenters. The summed E-state index contributed by atoms with van der Waals surface area (Å²) in [5.41, 5.74) is 0.683. The van der Waals surface area contributed by atoms with E-state index in [1.165, 1.54) is 0 Å². The molecule has 1 aromatic rings. The van der Waals surface area contributed by atoms with E-state index in [1.807, 2.05) is 0 Å². The van der Waals surface area contributed by atoms with E-state index in [0.717, 1.165) is 31.2 Å². The van der Waals surface area contributed by atoms with Crippen LogP contribution in [0.2, 0.25) is 0 Å². The third-order valence-electron chi connectivity index (χ3n) is 3.57. The summed E-state index contributed by atoms with van der Waals surface area (Å²) in [5, 5.41) is 9.23. The van der Waals surface area contributed by atoms with Gasteiger partial charge < -0.3 is 14.4 Å². The Labute approximate surface area is 115 Å². The number of methoxy groups -OCH3 is 1. The maximum absolute atomic E-state index is 12.2. The van der Waals surface area contributed by atoms with Crippen molar-refractivity contribution >= 4 is 15.9 Å². The predicted octanol–water partition coefficient (Wildman–Crippen LogP) is 2.23. The van der Waals surface area contributed by atoms with Crippen LogP contribution in [0.1, 0.15) is 37.3 Å². The van der Waals surface area contributed by atoms with Crippen LogP contribution in [0.3, 0.4) is 0 Å². The molecular formula is C13H18BrNO3. The lowest BCUT2D eigenvalue weighted by atomic mass is 9.92. The number of aromatic nitrogens is 1. The van der Waals surface area contributed by atoms with Crippen LogP contribution < -0.4 is 5.56 Å². The number of ether oxygens (including phenoxy) is 1. The molecule has 1 saturated carbocycles. The van der Waals surface area contributed by atoms with Gasteiger partial charge in [0.2, 0.25) is 0 Å². The molecular weight excluding hydrogens is 298 g/mol. The summed E-state index contributed by atoms with van der Waals surface area (Å²) in [5.74, 6) is 0. The quantitative estimate of drug-likeness (QED) is 0.930. The highest BCUT2D eigenvalue weighted by Crippen LogP contribution is 2.30. The van der Waals surface area contributed by atoms with Crippen LogP contribution in [0.5, 0.6) is 0 Å². The second kappa shape index (κ2) is 5.99. The van der Waals surface area contributed by atoms with Gasteiger partial charge in [-0.15, -0.1) is 0 Å². The van der Waals surface area contributed by atoms with Gasteiger partial charge in [-0.2, -0.15) is 0 Å². The molecule has 100 valence electrons. The number of halogens is 1. The molecule has 1 aromatic heterocycles. The molecule has 4 nitrogen and oxygen atoms in total. The van der Waals surface area contributed by atoms with Gasteiger partial charge in [-0.3, -0.25) is 4.79 Å². The molecule has 18 heavy (non-hydrogen) atoms. The van der Waals surface area contributed by atoms with E-state index < -0.39 is 0 Å². The molecule has 0 amide bonds. The minimum atomic E-state index is -0.0662. The summed E-state index contributed by atoms with van der Waals surface area (Å²) in [7, 11) is 1.69. The van der Waals surface area contributed by atoms with Crippen molar-refractivity contribution in [3.05, 3.63) is 32.7 Å². The van der Waals surface area contributed by atoms with Gasteiger partial charge in [0.1, 0.15) is 0 Å². The van der Waals surface area contributed by atoms with Gasteiger partial charge in [-0.1, -0.05) is 12.8 Å². The molecule has 1 aliphatic rings. The van der Waals surface area contributed by atoms with E-state index in [0.29, 0.717) is 4.47 Å². The number of aliphatic hydroxyl groups is 1. The molecule has 5 heteroatoms.